The molecule has 0 spiro atoms. The van der Waals surface area contributed by atoms with E-state index in [4.69, 9.17) is 5.73 Å². The molecule has 1 unspecified atom stereocenters. The van der Waals surface area contributed by atoms with E-state index in [1.165, 1.54) is 24.1 Å². The van der Waals surface area contributed by atoms with Crippen LogP contribution in [0.3, 0.4) is 0 Å². The highest BCUT2D eigenvalue weighted by Gasteiger charge is 2.06. The summed E-state index contributed by atoms with van der Waals surface area (Å²) >= 11 is 1.84. The number of rotatable bonds is 5. The summed E-state index contributed by atoms with van der Waals surface area (Å²) in [5.74, 6) is 0.689. The van der Waals surface area contributed by atoms with Crippen molar-refractivity contribution in [3.05, 3.63) is 22.4 Å². The van der Waals surface area contributed by atoms with Crippen LogP contribution in [0.2, 0.25) is 0 Å². The van der Waals surface area contributed by atoms with Crippen molar-refractivity contribution < 1.29 is 0 Å². The first-order chi connectivity index (χ1) is 5.86. The van der Waals surface area contributed by atoms with Gasteiger partial charge in [0.2, 0.25) is 0 Å². The van der Waals surface area contributed by atoms with Crippen molar-refractivity contribution in [1.29, 1.82) is 0 Å². The third-order valence-corrected chi connectivity index (χ3v) is 3.00. The van der Waals surface area contributed by atoms with Gasteiger partial charge in [0, 0.05) is 4.88 Å². The smallest absolute Gasteiger partial charge is 0.00484 e. The minimum Gasteiger partial charge on any atom is -0.330 e. The van der Waals surface area contributed by atoms with Crippen LogP contribution in [0.5, 0.6) is 0 Å². The Kier molecular flexibility index (Phi) is 4.33. The quantitative estimate of drug-likeness (QED) is 0.746. The number of hydrogen-bond acceptors (Lipinski definition) is 2. The van der Waals surface area contributed by atoms with Gasteiger partial charge in [-0.3, -0.25) is 0 Å². The molecule has 2 N–H and O–H groups in total. The maximum Gasteiger partial charge on any atom is 0.00484 e. The molecule has 0 bridgehead atoms. The van der Waals surface area contributed by atoms with Gasteiger partial charge in [-0.2, -0.15) is 0 Å². The second-order valence-corrected chi connectivity index (χ2v) is 4.21. The van der Waals surface area contributed by atoms with Gasteiger partial charge in [0.1, 0.15) is 0 Å². The SMILES string of the molecule is CCCC(CN)Cc1cccs1. The second-order valence-electron chi connectivity index (χ2n) is 3.17. The Morgan fingerprint density at radius 2 is 2.42 bits per heavy atom. The molecule has 0 aliphatic heterocycles. The first kappa shape index (κ1) is 9.75. The molecule has 68 valence electrons. The van der Waals surface area contributed by atoms with Crippen molar-refractivity contribution in [2.45, 2.75) is 26.2 Å². The van der Waals surface area contributed by atoms with Gasteiger partial charge in [0.05, 0.1) is 0 Å². The molecular weight excluding hydrogens is 166 g/mol. The van der Waals surface area contributed by atoms with E-state index in [0.717, 1.165) is 6.54 Å². The Balaban J connectivity index is 2.37. The van der Waals surface area contributed by atoms with Crippen molar-refractivity contribution in [3.8, 4) is 0 Å². The molecule has 1 aromatic rings. The predicted octanol–water partition coefficient (Wildman–Crippen LogP) is 2.67. The fourth-order valence-corrected chi connectivity index (χ4v) is 2.25. The topological polar surface area (TPSA) is 26.0 Å². The zero-order chi connectivity index (χ0) is 8.81. The minimum absolute atomic E-state index is 0.689. The van der Waals surface area contributed by atoms with Gasteiger partial charge >= 0.3 is 0 Å². The fourth-order valence-electron chi connectivity index (χ4n) is 1.42. The first-order valence-corrected chi connectivity index (χ1v) is 5.47. The average molecular weight is 183 g/mol. The van der Waals surface area contributed by atoms with Crippen LogP contribution in [0.25, 0.3) is 0 Å². The van der Waals surface area contributed by atoms with E-state index in [-0.39, 0.29) is 0 Å². The zero-order valence-electron chi connectivity index (χ0n) is 7.62. The van der Waals surface area contributed by atoms with Crippen molar-refractivity contribution in [2.24, 2.45) is 11.7 Å². The van der Waals surface area contributed by atoms with Crippen LogP contribution < -0.4 is 5.73 Å². The van der Waals surface area contributed by atoms with Crippen LogP contribution in [0.4, 0.5) is 0 Å². The summed E-state index contributed by atoms with van der Waals surface area (Å²) in [6.07, 6.45) is 3.67. The highest BCUT2D eigenvalue weighted by molar-refractivity contribution is 7.09. The monoisotopic (exact) mass is 183 g/mol. The Bertz CT molecular complexity index is 194. The summed E-state index contributed by atoms with van der Waals surface area (Å²) in [4.78, 5) is 1.47. The van der Waals surface area contributed by atoms with E-state index in [0.29, 0.717) is 5.92 Å². The van der Waals surface area contributed by atoms with Gasteiger partial charge in [-0.15, -0.1) is 11.3 Å². The molecule has 1 rings (SSSR count). The van der Waals surface area contributed by atoms with Crippen molar-refractivity contribution >= 4 is 11.3 Å². The summed E-state index contributed by atoms with van der Waals surface area (Å²) < 4.78 is 0. The average Bonchev–Trinajstić information content (AvgIpc) is 2.56. The lowest BCUT2D eigenvalue weighted by Gasteiger charge is -2.11. The van der Waals surface area contributed by atoms with E-state index in [1.807, 2.05) is 11.3 Å². The number of nitrogens with two attached hydrogens (primary N) is 1. The standard InChI is InChI=1S/C10H17NS/c1-2-4-9(8-11)7-10-5-3-6-12-10/h3,5-6,9H,2,4,7-8,11H2,1H3. The molecule has 0 aliphatic rings. The van der Waals surface area contributed by atoms with Crippen LogP contribution >= 0.6 is 11.3 Å². The second kappa shape index (κ2) is 5.33. The van der Waals surface area contributed by atoms with Crippen molar-refractivity contribution in [2.75, 3.05) is 6.54 Å². The molecule has 12 heavy (non-hydrogen) atoms. The molecule has 0 aromatic carbocycles. The van der Waals surface area contributed by atoms with Crippen molar-refractivity contribution in [3.63, 3.8) is 0 Å². The van der Waals surface area contributed by atoms with E-state index >= 15 is 0 Å². The Labute approximate surface area is 78.6 Å². The Hall–Kier alpha value is -0.340. The van der Waals surface area contributed by atoms with Crippen LogP contribution in [-0.2, 0) is 6.42 Å². The zero-order valence-corrected chi connectivity index (χ0v) is 8.44. The summed E-state index contributed by atoms with van der Waals surface area (Å²) in [6, 6.07) is 4.31. The number of thiophene rings is 1. The van der Waals surface area contributed by atoms with Gasteiger partial charge in [0.25, 0.3) is 0 Å². The lowest BCUT2D eigenvalue weighted by atomic mass is 9.99. The van der Waals surface area contributed by atoms with Gasteiger partial charge in [-0.25, -0.2) is 0 Å². The van der Waals surface area contributed by atoms with E-state index in [9.17, 15) is 0 Å². The maximum absolute atomic E-state index is 5.68. The predicted molar refractivity (Wildman–Crippen MR) is 55.5 cm³/mol. The van der Waals surface area contributed by atoms with Crippen LogP contribution in [0.1, 0.15) is 24.6 Å². The molecule has 0 saturated heterocycles. The highest BCUT2D eigenvalue weighted by Crippen LogP contribution is 2.16. The minimum atomic E-state index is 0.689. The Morgan fingerprint density at radius 1 is 1.58 bits per heavy atom. The molecule has 1 aromatic heterocycles. The van der Waals surface area contributed by atoms with Gasteiger partial charge in [-0.1, -0.05) is 19.4 Å². The van der Waals surface area contributed by atoms with Gasteiger partial charge in [0.15, 0.2) is 0 Å². The molecular formula is C10H17NS. The van der Waals surface area contributed by atoms with Crippen molar-refractivity contribution in [1.82, 2.24) is 0 Å². The molecule has 2 heteroatoms. The molecule has 1 atom stereocenters. The lowest BCUT2D eigenvalue weighted by molar-refractivity contribution is 0.491. The van der Waals surface area contributed by atoms with Gasteiger partial charge in [-0.05, 0) is 36.8 Å². The third-order valence-electron chi connectivity index (χ3n) is 2.10. The van der Waals surface area contributed by atoms with E-state index < -0.39 is 0 Å². The fraction of sp³-hybridized carbons (Fsp3) is 0.600. The third kappa shape index (κ3) is 2.95. The maximum atomic E-state index is 5.68. The van der Waals surface area contributed by atoms with E-state index in [1.54, 1.807) is 0 Å². The molecule has 1 heterocycles. The molecule has 0 radical (unpaired) electrons. The summed E-state index contributed by atoms with van der Waals surface area (Å²) in [5.41, 5.74) is 5.68. The van der Waals surface area contributed by atoms with Crippen LogP contribution in [-0.4, -0.2) is 6.54 Å². The van der Waals surface area contributed by atoms with Crippen LogP contribution in [0, 0.1) is 5.92 Å². The normalized spacial score (nSPS) is 13.2. The van der Waals surface area contributed by atoms with Gasteiger partial charge < -0.3 is 5.73 Å². The summed E-state index contributed by atoms with van der Waals surface area (Å²) in [7, 11) is 0. The summed E-state index contributed by atoms with van der Waals surface area (Å²) in [5, 5.41) is 2.13. The molecule has 0 fully saturated rings. The largest absolute Gasteiger partial charge is 0.330 e. The molecule has 0 amide bonds. The lowest BCUT2D eigenvalue weighted by Crippen LogP contribution is -2.16. The molecule has 0 saturated carbocycles. The van der Waals surface area contributed by atoms with Crippen LogP contribution in [0.15, 0.2) is 17.5 Å². The van der Waals surface area contributed by atoms with E-state index in [2.05, 4.69) is 24.4 Å². The highest BCUT2D eigenvalue weighted by atomic mass is 32.1. The summed E-state index contributed by atoms with van der Waals surface area (Å²) in [6.45, 7) is 3.04. The molecule has 0 aliphatic carbocycles. The Morgan fingerprint density at radius 3 is 2.92 bits per heavy atom. The first-order valence-electron chi connectivity index (χ1n) is 4.59. The molecule has 1 nitrogen and oxygen atoms in total. The number of hydrogen-bond donors (Lipinski definition) is 1.